The Morgan fingerprint density at radius 3 is 2.60 bits per heavy atom. The summed E-state index contributed by atoms with van der Waals surface area (Å²) >= 11 is 7.84. The van der Waals surface area contributed by atoms with Crippen LogP contribution in [0.1, 0.15) is 56.4 Å². The van der Waals surface area contributed by atoms with Crippen molar-refractivity contribution in [2.24, 2.45) is 11.7 Å². The van der Waals surface area contributed by atoms with Gasteiger partial charge in [-0.2, -0.15) is 0 Å². The molecule has 1 aliphatic heterocycles. The summed E-state index contributed by atoms with van der Waals surface area (Å²) in [5, 5.41) is 0. The van der Waals surface area contributed by atoms with Crippen LogP contribution in [0.25, 0.3) is 0 Å². The first kappa shape index (κ1) is 14.8. The van der Waals surface area contributed by atoms with E-state index in [1.165, 1.54) is 49.9 Å². The van der Waals surface area contributed by atoms with E-state index >= 15 is 0 Å². The van der Waals surface area contributed by atoms with E-state index < -0.39 is 0 Å². The van der Waals surface area contributed by atoms with Gasteiger partial charge in [0.15, 0.2) is 0 Å². The van der Waals surface area contributed by atoms with Crippen molar-refractivity contribution in [2.75, 3.05) is 6.54 Å². The van der Waals surface area contributed by atoms with Gasteiger partial charge in [0.1, 0.15) is 0 Å². The van der Waals surface area contributed by atoms with Crippen LogP contribution in [0.2, 0.25) is 4.34 Å². The highest BCUT2D eigenvalue weighted by atomic mass is 35.5. The molecule has 1 aromatic heterocycles. The van der Waals surface area contributed by atoms with Crippen LogP contribution in [-0.2, 0) is 0 Å². The first-order valence-corrected chi connectivity index (χ1v) is 9.13. The molecule has 112 valence electrons. The van der Waals surface area contributed by atoms with Gasteiger partial charge >= 0.3 is 0 Å². The monoisotopic (exact) mass is 312 g/mol. The van der Waals surface area contributed by atoms with Gasteiger partial charge in [-0.1, -0.05) is 24.4 Å². The lowest BCUT2D eigenvalue weighted by molar-refractivity contribution is 0.122. The fraction of sp³-hybridized carbons (Fsp3) is 0.750. The molecule has 3 rings (SSSR count). The van der Waals surface area contributed by atoms with Crippen LogP contribution < -0.4 is 5.73 Å². The van der Waals surface area contributed by atoms with Crippen molar-refractivity contribution in [2.45, 2.75) is 63.6 Å². The average molecular weight is 313 g/mol. The molecule has 2 nitrogen and oxygen atoms in total. The van der Waals surface area contributed by atoms with Gasteiger partial charge in [0.05, 0.1) is 10.4 Å². The zero-order valence-corrected chi connectivity index (χ0v) is 13.8. The van der Waals surface area contributed by atoms with Crippen molar-refractivity contribution in [1.82, 2.24) is 4.90 Å². The van der Waals surface area contributed by atoms with Crippen molar-refractivity contribution in [3.05, 3.63) is 21.3 Å². The highest BCUT2D eigenvalue weighted by Crippen LogP contribution is 2.42. The van der Waals surface area contributed by atoms with Crippen molar-refractivity contribution >= 4 is 22.9 Å². The number of halogens is 1. The minimum Gasteiger partial charge on any atom is -0.326 e. The van der Waals surface area contributed by atoms with Gasteiger partial charge in [0, 0.05) is 17.0 Å². The Morgan fingerprint density at radius 1 is 1.25 bits per heavy atom. The molecule has 2 heterocycles. The molecule has 2 N–H and O–H groups in total. The second-order valence-corrected chi connectivity index (χ2v) is 8.18. The van der Waals surface area contributed by atoms with Crippen LogP contribution >= 0.6 is 22.9 Å². The first-order chi connectivity index (χ1) is 9.66. The predicted octanol–water partition coefficient (Wildman–Crippen LogP) is 4.44. The zero-order chi connectivity index (χ0) is 14.1. The molecule has 0 amide bonds. The molecule has 0 radical (unpaired) electrons. The van der Waals surface area contributed by atoms with Crippen LogP contribution in [0, 0.1) is 5.92 Å². The quantitative estimate of drug-likeness (QED) is 0.890. The summed E-state index contributed by atoms with van der Waals surface area (Å²) in [6.07, 6.45) is 8.35. The number of hydrogen-bond acceptors (Lipinski definition) is 3. The summed E-state index contributed by atoms with van der Waals surface area (Å²) in [5.41, 5.74) is 6.34. The molecule has 1 aliphatic carbocycles. The molecule has 1 saturated heterocycles. The first-order valence-electron chi connectivity index (χ1n) is 7.93. The van der Waals surface area contributed by atoms with Gasteiger partial charge in [-0.05, 0) is 57.2 Å². The van der Waals surface area contributed by atoms with Gasteiger partial charge in [-0.15, -0.1) is 11.3 Å². The van der Waals surface area contributed by atoms with Crippen molar-refractivity contribution in [3.8, 4) is 0 Å². The third-order valence-corrected chi connectivity index (χ3v) is 6.33. The molecular weight excluding hydrogens is 288 g/mol. The summed E-state index contributed by atoms with van der Waals surface area (Å²) in [7, 11) is 0. The Hall–Kier alpha value is -0.0900. The topological polar surface area (TPSA) is 29.3 Å². The summed E-state index contributed by atoms with van der Waals surface area (Å²) in [6, 6.07) is 5.43. The largest absolute Gasteiger partial charge is 0.326 e. The normalized spacial score (nSPS) is 28.1. The van der Waals surface area contributed by atoms with E-state index in [9.17, 15) is 0 Å². The standard InChI is InChI=1S/C16H25ClN2S/c1-11(18)16(14-8-9-15(17)20-14)19-10-4-7-13(19)12-5-2-3-6-12/h8-9,11-13,16H,2-7,10,18H2,1H3. The third kappa shape index (κ3) is 2.92. The summed E-state index contributed by atoms with van der Waals surface area (Å²) in [6.45, 7) is 3.34. The minimum atomic E-state index is 0.159. The number of thiophene rings is 1. The number of rotatable bonds is 4. The summed E-state index contributed by atoms with van der Waals surface area (Å²) in [5.74, 6) is 0.897. The summed E-state index contributed by atoms with van der Waals surface area (Å²) < 4.78 is 0.877. The lowest BCUT2D eigenvalue weighted by atomic mass is 9.94. The molecule has 0 aromatic carbocycles. The minimum absolute atomic E-state index is 0.159. The highest BCUT2D eigenvalue weighted by molar-refractivity contribution is 7.16. The molecule has 0 spiro atoms. The van der Waals surface area contributed by atoms with Crippen LogP contribution in [0.3, 0.4) is 0 Å². The van der Waals surface area contributed by atoms with Gasteiger partial charge in [0.2, 0.25) is 0 Å². The molecule has 1 aromatic rings. The second kappa shape index (κ2) is 6.35. The molecule has 2 fully saturated rings. The average Bonchev–Trinajstić information content (AvgIpc) is 3.10. The molecule has 20 heavy (non-hydrogen) atoms. The number of nitrogens with zero attached hydrogens (tertiary/aromatic N) is 1. The van der Waals surface area contributed by atoms with E-state index in [-0.39, 0.29) is 6.04 Å². The Kier molecular flexibility index (Phi) is 4.71. The Morgan fingerprint density at radius 2 is 2.00 bits per heavy atom. The lowest BCUT2D eigenvalue weighted by Crippen LogP contribution is -2.44. The van der Waals surface area contributed by atoms with E-state index in [0.29, 0.717) is 6.04 Å². The smallest absolute Gasteiger partial charge is 0.0931 e. The van der Waals surface area contributed by atoms with Crippen molar-refractivity contribution in [1.29, 1.82) is 0 Å². The predicted molar refractivity (Wildman–Crippen MR) is 87.4 cm³/mol. The van der Waals surface area contributed by atoms with Crippen LogP contribution in [0.4, 0.5) is 0 Å². The van der Waals surface area contributed by atoms with Crippen LogP contribution in [-0.4, -0.2) is 23.5 Å². The Labute approximate surface area is 131 Å². The Bertz CT molecular complexity index is 439. The second-order valence-electron chi connectivity index (χ2n) is 6.44. The van der Waals surface area contributed by atoms with E-state index in [0.717, 1.165) is 16.3 Å². The zero-order valence-electron chi connectivity index (χ0n) is 12.2. The van der Waals surface area contributed by atoms with E-state index in [1.807, 2.05) is 6.07 Å². The molecular formula is C16H25ClN2S. The third-order valence-electron chi connectivity index (χ3n) is 5.03. The molecule has 2 aliphatic rings. The van der Waals surface area contributed by atoms with Crippen LogP contribution in [0.15, 0.2) is 12.1 Å². The van der Waals surface area contributed by atoms with E-state index in [2.05, 4.69) is 17.9 Å². The molecule has 3 atom stereocenters. The molecule has 3 unspecified atom stereocenters. The number of hydrogen-bond donors (Lipinski definition) is 1. The van der Waals surface area contributed by atoms with E-state index in [4.69, 9.17) is 17.3 Å². The van der Waals surface area contributed by atoms with Crippen molar-refractivity contribution < 1.29 is 0 Å². The molecule has 0 bridgehead atoms. The van der Waals surface area contributed by atoms with Gasteiger partial charge in [-0.3, -0.25) is 4.90 Å². The fourth-order valence-corrected chi connectivity index (χ4v) is 5.52. The fourth-order valence-electron chi connectivity index (χ4n) is 4.22. The SMILES string of the molecule is CC(N)C(c1ccc(Cl)s1)N1CCCC1C1CCCC1. The van der Waals surface area contributed by atoms with E-state index in [1.54, 1.807) is 11.3 Å². The maximum absolute atomic E-state index is 6.34. The van der Waals surface area contributed by atoms with Gasteiger partial charge < -0.3 is 5.73 Å². The number of nitrogens with two attached hydrogens (primary N) is 1. The Balaban J connectivity index is 1.82. The molecule has 4 heteroatoms. The van der Waals surface area contributed by atoms with Crippen molar-refractivity contribution in [3.63, 3.8) is 0 Å². The van der Waals surface area contributed by atoms with Crippen LogP contribution in [0.5, 0.6) is 0 Å². The van der Waals surface area contributed by atoms with Gasteiger partial charge in [-0.25, -0.2) is 0 Å². The number of likely N-dealkylation sites (tertiary alicyclic amines) is 1. The highest BCUT2D eigenvalue weighted by Gasteiger charge is 2.38. The van der Waals surface area contributed by atoms with Gasteiger partial charge in [0.25, 0.3) is 0 Å². The summed E-state index contributed by atoms with van der Waals surface area (Å²) in [4.78, 5) is 4.04. The maximum atomic E-state index is 6.34. The molecule has 1 saturated carbocycles. The lowest BCUT2D eigenvalue weighted by Gasteiger charge is -2.37. The maximum Gasteiger partial charge on any atom is 0.0931 e.